The summed E-state index contributed by atoms with van der Waals surface area (Å²) in [5.74, 6) is 0.635. The van der Waals surface area contributed by atoms with Crippen molar-refractivity contribution in [2.75, 3.05) is 11.9 Å². The standard InChI is InChI=1S/C9H11BrN4/c1-7(3-4-11)14(2)9-12-5-8(10)6-13-9/h5-7H,3H2,1-2H3. The van der Waals surface area contributed by atoms with Gasteiger partial charge in [0.05, 0.1) is 17.0 Å². The third-order valence-corrected chi connectivity index (χ3v) is 2.38. The lowest BCUT2D eigenvalue weighted by Crippen LogP contribution is -2.29. The lowest BCUT2D eigenvalue weighted by atomic mass is 10.2. The SMILES string of the molecule is CC(CC#N)N(C)c1ncc(Br)cn1. The van der Waals surface area contributed by atoms with E-state index in [1.165, 1.54) is 0 Å². The molecule has 0 radical (unpaired) electrons. The molecular formula is C9H11BrN4. The van der Waals surface area contributed by atoms with Crippen LogP contribution in [0.5, 0.6) is 0 Å². The second kappa shape index (κ2) is 4.91. The summed E-state index contributed by atoms with van der Waals surface area (Å²) in [6.07, 6.45) is 3.85. The largest absolute Gasteiger partial charge is 0.340 e. The first-order valence-electron chi connectivity index (χ1n) is 4.22. The molecule has 0 N–H and O–H groups in total. The van der Waals surface area contributed by atoms with Crippen LogP contribution in [0.4, 0.5) is 5.95 Å². The molecule has 0 saturated carbocycles. The monoisotopic (exact) mass is 254 g/mol. The van der Waals surface area contributed by atoms with Crippen LogP contribution >= 0.6 is 15.9 Å². The fourth-order valence-electron chi connectivity index (χ4n) is 0.954. The summed E-state index contributed by atoms with van der Waals surface area (Å²) >= 11 is 3.27. The highest BCUT2D eigenvalue weighted by Crippen LogP contribution is 2.12. The Bertz CT molecular complexity index is 330. The topological polar surface area (TPSA) is 52.8 Å². The van der Waals surface area contributed by atoms with Gasteiger partial charge in [-0.1, -0.05) is 0 Å². The predicted molar refractivity (Wildman–Crippen MR) is 57.8 cm³/mol. The normalized spacial score (nSPS) is 11.9. The first-order valence-corrected chi connectivity index (χ1v) is 5.01. The summed E-state index contributed by atoms with van der Waals surface area (Å²) in [5, 5.41) is 8.55. The zero-order valence-corrected chi connectivity index (χ0v) is 9.69. The Labute approximate surface area is 91.7 Å². The maximum absolute atomic E-state index is 8.55. The molecule has 0 aliphatic rings. The van der Waals surface area contributed by atoms with Gasteiger partial charge < -0.3 is 4.90 Å². The average Bonchev–Trinajstić information content (AvgIpc) is 2.18. The van der Waals surface area contributed by atoms with Gasteiger partial charge in [-0.05, 0) is 22.9 Å². The van der Waals surface area contributed by atoms with Crippen molar-refractivity contribution in [2.24, 2.45) is 0 Å². The fraction of sp³-hybridized carbons (Fsp3) is 0.444. The van der Waals surface area contributed by atoms with Gasteiger partial charge in [0, 0.05) is 25.5 Å². The molecule has 5 heteroatoms. The second-order valence-corrected chi connectivity index (χ2v) is 3.94. The highest BCUT2D eigenvalue weighted by Gasteiger charge is 2.11. The van der Waals surface area contributed by atoms with Crippen molar-refractivity contribution in [3.8, 4) is 6.07 Å². The van der Waals surface area contributed by atoms with Gasteiger partial charge >= 0.3 is 0 Å². The van der Waals surface area contributed by atoms with Gasteiger partial charge in [-0.15, -0.1) is 0 Å². The molecule has 1 rings (SSSR count). The summed E-state index contributed by atoms with van der Waals surface area (Å²) in [6.45, 7) is 1.97. The van der Waals surface area contributed by atoms with E-state index in [0.29, 0.717) is 12.4 Å². The van der Waals surface area contributed by atoms with Crippen LogP contribution in [0.3, 0.4) is 0 Å². The van der Waals surface area contributed by atoms with E-state index in [-0.39, 0.29) is 6.04 Å². The summed E-state index contributed by atoms with van der Waals surface area (Å²) in [7, 11) is 1.88. The zero-order chi connectivity index (χ0) is 10.6. The molecule has 4 nitrogen and oxygen atoms in total. The molecule has 0 spiro atoms. The number of rotatable bonds is 3. The molecule has 1 aromatic rings. The summed E-state index contributed by atoms with van der Waals surface area (Å²) in [5.41, 5.74) is 0. The maximum atomic E-state index is 8.55. The van der Waals surface area contributed by atoms with E-state index in [1.807, 2.05) is 18.9 Å². The number of nitriles is 1. The third kappa shape index (κ3) is 2.67. The van der Waals surface area contributed by atoms with Crippen LogP contribution in [0, 0.1) is 11.3 Å². The number of halogens is 1. The van der Waals surface area contributed by atoms with Gasteiger partial charge in [0.1, 0.15) is 0 Å². The lowest BCUT2D eigenvalue weighted by molar-refractivity contribution is 0.683. The molecule has 0 aliphatic heterocycles. The molecular weight excluding hydrogens is 244 g/mol. The molecule has 0 amide bonds. The zero-order valence-electron chi connectivity index (χ0n) is 8.11. The average molecular weight is 255 g/mol. The molecule has 0 saturated heterocycles. The van der Waals surface area contributed by atoms with Crippen LogP contribution in [0.1, 0.15) is 13.3 Å². The molecule has 1 aromatic heterocycles. The van der Waals surface area contributed by atoms with Gasteiger partial charge in [0.25, 0.3) is 0 Å². The van der Waals surface area contributed by atoms with Crippen molar-refractivity contribution < 1.29 is 0 Å². The van der Waals surface area contributed by atoms with E-state index in [4.69, 9.17) is 5.26 Å². The van der Waals surface area contributed by atoms with Crippen molar-refractivity contribution in [3.63, 3.8) is 0 Å². The van der Waals surface area contributed by atoms with E-state index in [2.05, 4.69) is 32.0 Å². The van der Waals surface area contributed by atoms with Gasteiger partial charge in [-0.3, -0.25) is 0 Å². The van der Waals surface area contributed by atoms with Crippen molar-refractivity contribution >= 4 is 21.9 Å². The Kier molecular flexibility index (Phi) is 3.84. The van der Waals surface area contributed by atoms with Gasteiger partial charge in [0.2, 0.25) is 5.95 Å². The molecule has 0 aromatic carbocycles. The minimum absolute atomic E-state index is 0.126. The molecule has 1 atom stereocenters. The Balaban J connectivity index is 2.74. The molecule has 0 bridgehead atoms. The summed E-state index contributed by atoms with van der Waals surface area (Å²) in [4.78, 5) is 10.2. The van der Waals surface area contributed by atoms with Crippen LogP contribution in [0.2, 0.25) is 0 Å². The minimum Gasteiger partial charge on any atom is -0.340 e. The van der Waals surface area contributed by atoms with Gasteiger partial charge in [-0.2, -0.15) is 5.26 Å². The molecule has 0 fully saturated rings. The van der Waals surface area contributed by atoms with E-state index in [9.17, 15) is 0 Å². The molecule has 1 unspecified atom stereocenters. The Morgan fingerprint density at radius 1 is 1.57 bits per heavy atom. The van der Waals surface area contributed by atoms with Crippen LogP contribution in [0.15, 0.2) is 16.9 Å². The number of aromatic nitrogens is 2. The first-order chi connectivity index (χ1) is 6.65. The Morgan fingerprint density at radius 2 is 2.14 bits per heavy atom. The van der Waals surface area contributed by atoms with Crippen LogP contribution in [-0.2, 0) is 0 Å². The smallest absolute Gasteiger partial charge is 0.225 e. The number of hydrogen-bond donors (Lipinski definition) is 0. The Morgan fingerprint density at radius 3 is 2.64 bits per heavy atom. The summed E-state index contributed by atoms with van der Waals surface area (Å²) in [6, 6.07) is 2.25. The van der Waals surface area contributed by atoms with E-state index in [1.54, 1.807) is 12.4 Å². The molecule has 0 aliphatic carbocycles. The first kappa shape index (κ1) is 10.9. The van der Waals surface area contributed by atoms with Crippen molar-refractivity contribution in [1.82, 2.24) is 9.97 Å². The van der Waals surface area contributed by atoms with Gasteiger partial charge in [0.15, 0.2) is 0 Å². The van der Waals surface area contributed by atoms with Crippen molar-refractivity contribution in [3.05, 3.63) is 16.9 Å². The van der Waals surface area contributed by atoms with Crippen LogP contribution in [0.25, 0.3) is 0 Å². The fourth-order valence-corrected chi connectivity index (χ4v) is 1.16. The van der Waals surface area contributed by atoms with Crippen LogP contribution < -0.4 is 4.90 Å². The maximum Gasteiger partial charge on any atom is 0.225 e. The van der Waals surface area contributed by atoms with E-state index in [0.717, 1.165) is 4.47 Å². The van der Waals surface area contributed by atoms with E-state index < -0.39 is 0 Å². The third-order valence-electron chi connectivity index (χ3n) is 1.97. The van der Waals surface area contributed by atoms with Crippen molar-refractivity contribution in [2.45, 2.75) is 19.4 Å². The van der Waals surface area contributed by atoms with Crippen molar-refractivity contribution in [1.29, 1.82) is 5.26 Å². The number of anilines is 1. The molecule has 74 valence electrons. The number of nitrogens with zero attached hydrogens (tertiary/aromatic N) is 4. The highest BCUT2D eigenvalue weighted by molar-refractivity contribution is 9.10. The van der Waals surface area contributed by atoms with Crippen LogP contribution in [-0.4, -0.2) is 23.1 Å². The summed E-state index contributed by atoms with van der Waals surface area (Å²) < 4.78 is 0.850. The second-order valence-electron chi connectivity index (χ2n) is 3.02. The minimum atomic E-state index is 0.126. The quantitative estimate of drug-likeness (QED) is 0.828. The molecule has 14 heavy (non-hydrogen) atoms. The van der Waals surface area contributed by atoms with E-state index >= 15 is 0 Å². The lowest BCUT2D eigenvalue weighted by Gasteiger charge is -2.22. The number of hydrogen-bond acceptors (Lipinski definition) is 4. The molecule has 1 heterocycles. The van der Waals surface area contributed by atoms with Gasteiger partial charge in [-0.25, -0.2) is 9.97 Å². The highest BCUT2D eigenvalue weighted by atomic mass is 79.9. The Hall–Kier alpha value is -1.15. The predicted octanol–water partition coefficient (Wildman–Crippen LogP) is 1.98.